The van der Waals surface area contributed by atoms with Crippen LogP contribution >= 0.6 is 0 Å². The quantitative estimate of drug-likeness (QED) is 0.843. The van der Waals surface area contributed by atoms with E-state index in [1.54, 1.807) is 0 Å². The minimum absolute atomic E-state index is 0.480. The summed E-state index contributed by atoms with van der Waals surface area (Å²) in [4.78, 5) is 2.52. The number of hydrogen-bond donors (Lipinski definition) is 1. The van der Waals surface area contributed by atoms with Crippen LogP contribution < -0.4 is 5.73 Å². The van der Waals surface area contributed by atoms with Gasteiger partial charge in [-0.2, -0.15) is 0 Å². The second-order valence-electron chi connectivity index (χ2n) is 5.22. The molecule has 0 radical (unpaired) electrons. The van der Waals surface area contributed by atoms with Crippen molar-refractivity contribution in [3.8, 4) is 0 Å². The Hall–Kier alpha value is -1.80. The third kappa shape index (κ3) is 2.24. The Morgan fingerprint density at radius 2 is 1.84 bits per heavy atom. The summed E-state index contributed by atoms with van der Waals surface area (Å²) >= 11 is 0. The van der Waals surface area contributed by atoms with Crippen molar-refractivity contribution in [3.05, 3.63) is 65.2 Å². The zero-order valence-electron chi connectivity index (χ0n) is 11.3. The van der Waals surface area contributed by atoms with E-state index in [2.05, 4.69) is 54.3 Å². The molecule has 98 valence electrons. The van der Waals surface area contributed by atoms with Crippen molar-refractivity contribution in [3.63, 3.8) is 0 Å². The molecule has 19 heavy (non-hydrogen) atoms. The highest BCUT2D eigenvalue weighted by molar-refractivity contribution is 5.52. The van der Waals surface area contributed by atoms with Gasteiger partial charge in [0.25, 0.3) is 0 Å². The molecule has 0 aromatic heterocycles. The van der Waals surface area contributed by atoms with Crippen LogP contribution in [0.2, 0.25) is 0 Å². The minimum Gasteiger partial charge on any atom is -0.398 e. The van der Waals surface area contributed by atoms with E-state index < -0.39 is 0 Å². The number of nitrogens with zero attached hydrogens (tertiary/aromatic N) is 1. The van der Waals surface area contributed by atoms with E-state index in [1.165, 1.54) is 16.7 Å². The molecule has 1 aliphatic rings. The van der Waals surface area contributed by atoms with Gasteiger partial charge in [-0.25, -0.2) is 0 Å². The molecule has 2 aromatic rings. The normalized spacial score (nSPS) is 16.3. The lowest BCUT2D eigenvalue weighted by Crippen LogP contribution is -2.22. The summed E-state index contributed by atoms with van der Waals surface area (Å²) in [6.45, 7) is 4.23. The molecule has 0 saturated heterocycles. The summed E-state index contributed by atoms with van der Waals surface area (Å²) in [5, 5.41) is 0. The molecule has 1 unspecified atom stereocenters. The fourth-order valence-electron chi connectivity index (χ4n) is 3.07. The zero-order chi connectivity index (χ0) is 13.2. The number of fused-ring (bicyclic) bond motifs is 1. The summed E-state index contributed by atoms with van der Waals surface area (Å²) in [6.07, 6.45) is 1.12. The minimum atomic E-state index is 0.480. The maximum atomic E-state index is 6.09. The third-order valence-corrected chi connectivity index (χ3v) is 4.06. The highest BCUT2D eigenvalue weighted by Crippen LogP contribution is 2.35. The van der Waals surface area contributed by atoms with Gasteiger partial charge in [0.15, 0.2) is 0 Å². The topological polar surface area (TPSA) is 29.3 Å². The lowest BCUT2D eigenvalue weighted by Gasteiger charge is -2.27. The van der Waals surface area contributed by atoms with Crippen LogP contribution in [-0.2, 0) is 13.1 Å². The van der Waals surface area contributed by atoms with Crippen molar-refractivity contribution < 1.29 is 0 Å². The Morgan fingerprint density at radius 1 is 1.05 bits per heavy atom. The van der Waals surface area contributed by atoms with Crippen LogP contribution in [0.3, 0.4) is 0 Å². The van der Waals surface area contributed by atoms with E-state index in [0.717, 1.165) is 25.2 Å². The van der Waals surface area contributed by atoms with Gasteiger partial charge in [-0.1, -0.05) is 49.4 Å². The van der Waals surface area contributed by atoms with Gasteiger partial charge in [-0.15, -0.1) is 0 Å². The van der Waals surface area contributed by atoms with Crippen LogP contribution in [0, 0.1) is 0 Å². The molecule has 2 N–H and O–H groups in total. The molecule has 2 heteroatoms. The Morgan fingerprint density at radius 3 is 2.53 bits per heavy atom. The smallest absolute Gasteiger partial charge is 0.0363 e. The third-order valence-electron chi connectivity index (χ3n) is 4.06. The lowest BCUT2D eigenvalue weighted by molar-refractivity contribution is 0.195. The fraction of sp³-hybridized carbons (Fsp3) is 0.294. The summed E-state index contributed by atoms with van der Waals surface area (Å²) in [5.74, 6) is 0. The number of benzene rings is 2. The molecule has 0 aliphatic carbocycles. The van der Waals surface area contributed by atoms with Gasteiger partial charge < -0.3 is 5.73 Å². The van der Waals surface area contributed by atoms with Crippen LogP contribution in [-0.4, -0.2) is 4.90 Å². The van der Waals surface area contributed by atoms with Crippen LogP contribution in [0.25, 0.3) is 0 Å². The highest BCUT2D eigenvalue weighted by Gasteiger charge is 2.26. The number of anilines is 1. The largest absolute Gasteiger partial charge is 0.398 e. The second kappa shape index (κ2) is 5.06. The van der Waals surface area contributed by atoms with Crippen molar-refractivity contribution in [1.29, 1.82) is 0 Å². The molecule has 1 heterocycles. The van der Waals surface area contributed by atoms with Crippen LogP contribution in [0.4, 0.5) is 5.69 Å². The number of nitrogen functional groups attached to an aromatic ring is 1. The first-order chi connectivity index (χ1) is 9.29. The SMILES string of the molecule is CCC(c1ccccc1)N1Cc2cccc(N)c2C1. The van der Waals surface area contributed by atoms with E-state index >= 15 is 0 Å². The summed E-state index contributed by atoms with van der Waals surface area (Å²) < 4.78 is 0. The molecule has 0 fully saturated rings. The van der Waals surface area contributed by atoms with Gasteiger partial charge >= 0.3 is 0 Å². The molecule has 3 rings (SSSR count). The monoisotopic (exact) mass is 252 g/mol. The number of hydrogen-bond acceptors (Lipinski definition) is 2. The molecular weight excluding hydrogens is 232 g/mol. The van der Waals surface area contributed by atoms with E-state index in [4.69, 9.17) is 5.73 Å². The van der Waals surface area contributed by atoms with E-state index in [9.17, 15) is 0 Å². The van der Waals surface area contributed by atoms with Crippen molar-refractivity contribution in [2.75, 3.05) is 5.73 Å². The molecule has 0 bridgehead atoms. The van der Waals surface area contributed by atoms with Crippen molar-refractivity contribution >= 4 is 5.69 Å². The molecule has 2 aromatic carbocycles. The molecule has 0 amide bonds. The first kappa shape index (κ1) is 12.2. The van der Waals surface area contributed by atoms with Crippen LogP contribution in [0.1, 0.15) is 36.1 Å². The molecule has 2 nitrogen and oxygen atoms in total. The van der Waals surface area contributed by atoms with Crippen molar-refractivity contribution in [2.45, 2.75) is 32.5 Å². The van der Waals surface area contributed by atoms with Gasteiger partial charge in [0, 0.05) is 24.8 Å². The van der Waals surface area contributed by atoms with E-state index in [1.807, 2.05) is 6.07 Å². The maximum Gasteiger partial charge on any atom is 0.0363 e. The first-order valence-corrected chi connectivity index (χ1v) is 6.95. The summed E-state index contributed by atoms with van der Waals surface area (Å²) in [6, 6.07) is 17.5. The molecule has 1 aliphatic heterocycles. The fourth-order valence-corrected chi connectivity index (χ4v) is 3.07. The summed E-state index contributed by atoms with van der Waals surface area (Å²) in [7, 11) is 0. The van der Waals surface area contributed by atoms with Crippen molar-refractivity contribution in [2.24, 2.45) is 0 Å². The predicted octanol–water partition coefficient (Wildman–Crippen LogP) is 3.74. The Balaban J connectivity index is 1.87. The van der Waals surface area contributed by atoms with Gasteiger partial charge in [-0.3, -0.25) is 4.90 Å². The predicted molar refractivity (Wildman–Crippen MR) is 79.6 cm³/mol. The van der Waals surface area contributed by atoms with E-state index in [0.29, 0.717) is 6.04 Å². The van der Waals surface area contributed by atoms with Gasteiger partial charge in [0.05, 0.1) is 0 Å². The van der Waals surface area contributed by atoms with Gasteiger partial charge in [-0.05, 0) is 29.2 Å². The second-order valence-corrected chi connectivity index (χ2v) is 5.22. The Kier molecular flexibility index (Phi) is 3.26. The maximum absolute atomic E-state index is 6.09. The number of nitrogens with two attached hydrogens (primary N) is 1. The van der Waals surface area contributed by atoms with E-state index in [-0.39, 0.29) is 0 Å². The summed E-state index contributed by atoms with van der Waals surface area (Å²) in [5.41, 5.74) is 11.1. The average molecular weight is 252 g/mol. The Bertz CT molecular complexity index is 563. The highest BCUT2D eigenvalue weighted by atomic mass is 15.2. The first-order valence-electron chi connectivity index (χ1n) is 6.95. The van der Waals surface area contributed by atoms with Crippen molar-refractivity contribution in [1.82, 2.24) is 4.90 Å². The zero-order valence-corrected chi connectivity index (χ0v) is 11.3. The van der Waals surface area contributed by atoms with Gasteiger partial charge in [0.1, 0.15) is 0 Å². The molecule has 1 atom stereocenters. The van der Waals surface area contributed by atoms with Crippen LogP contribution in [0.5, 0.6) is 0 Å². The Labute approximate surface area is 114 Å². The standard InChI is InChI=1S/C17H20N2/c1-2-17(13-7-4-3-5-8-13)19-11-14-9-6-10-16(18)15(14)12-19/h3-10,17H,2,11-12,18H2,1H3. The average Bonchev–Trinajstić information content (AvgIpc) is 2.86. The lowest BCUT2D eigenvalue weighted by atomic mass is 10.0. The number of rotatable bonds is 3. The molecule has 0 spiro atoms. The molecular formula is C17H20N2. The van der Waals surface area contributed by atoms with Crippen LogP contribution in [0.15, 0.2) is 48.5 Å². The molecule has 0 saturated carbocycles. The van der Waals surface area contributed by atoms with Gasteiger partial charge in [0.2, 0.25) is 0 Å².